The van der Waals surface area contributed by atoms with Gasteiger partial charge in [-0.25, -0.2) is 4.98 Å². The quantitative estimate of drug-likeness (QED) is 0.691. The van der Waals surface area contributed by atoms with Crippen molar-refractivity contribution in [2.45, 2.75) is 32.9 Å². The number of rotatable bonds is 5. The van der Waals surface area contributed by atoms with E-state index in [1.54, 1.807) is 21.3 Å². The molecule has 0 atom stereocenters. The number of anilines is 1. The normalized spacial score (nSPS) is 12.8. The third-order valence-electron chi connectivity index (χ3n) is 5.12. The maximum Gasteiger partial charge on any atom is 0.278 e. The Labute approximate surface area is 172 Å². The molecule has 0 aliphatic carbocycles. The summed E-state index contributed by atoms with van der Waals surface area (Å²) in [5.74, 6) is 1.37. The van der Waals surface area contributed by atoms with Crippen LogP contribution in [0.3, 0.4) is 0 Å². The Morgan fingerprint density at radius 2 is 2.00 bits per heavy atom. The molecular formula is C20H21ClN4O4. The fourth-order valence-corrected chi connectivity index (χ4v) is 3.97. The van der Waals surface area contributed by atoms with E-state index in [0.29, 0.717) is 39.8 Å². The Bertz CT molecular complexity index is 1180. The SMILES string of the molecule is COc1cc(OC)c(NC(=O)Cn2c(C)cc3nc4n(c(=O)c32)CCC4)cc1Cl. The number of amides is 1. The maximum absolute atomic E-state index is 12.9. The molecule has 4 rings (SSSR count). The van der Waals surface area contributed by atoms with E-state index in [9.17, 15) is 9.59 Å². The minimum Gasteiger partial charge on any atom is -0.495 e. The number of carbonyl (C=O) groups excluding carboxylic acids is 1. The molecule has 1 aromatic carbocycles. The highest BCUT2D eigenvalue weighted by molar-refractivity contribution is 6.32. The largest absolute Gasteiger partial charge is 0.495 e. The zero-order valence-corrected chi connectivity index (χ0v) is 17.2. The van der Waals surface area contributed by atoms with Gasteiger partial charge in [0.15, 0.2) is 0 Å². The highest BCUT2D eigenvalue weighted by Gasteiger charge is 2.21. The van der Waals surface area contributed by atoms with Crippen LogP contribution in [-0.2, 0) is 24.3 Å². The molecule has 0 fully saturated rings. The first-order valence-corrected chi connectivity index (χ1v) is 9.61. The average molecular weight is 417 g/mol. The number of nitrogens with one attached hydrogen (secondary N) is 1. The van der Waals surface area contributed by atoms with Crippen LogP contribution in [0.5, 0.6) is 11.5 Å². The molecule has 152 valence electrons. The van der Waals surface area contributed by atoms with Gasteiger partial charge < -0.3 is 19.4 Å². The Kier molecular flexibility index (Phi) is 4.96. The Hall–Kier alpha value is -3.00. The second kappa shape index (κ2) is 7.44. The first-order chi connectivity index (χ1) is 13.9. The van der Waals surface area contributed by atoms with Gasteiger partial charge in [0.25, 0.3) is 5.56 Å². The van der Waals surface area contributed by atoms with Crippen molar-refractivity contribution in [2.75, 3.05) is 19.5 Å². The third kappa shape index (κ3) is 3.33. The predicted octanol–water partition coefficient (Wildman–Crippen LogP) is 2.76. The van der Waals surface area contributed by atoms with E-state index in [0.717, 1.165) is 24.4 Å². The number of aromatic nitrogens is 3. The van der Waals surface area contributed by atoms with Crippen molar-refractivity contribution in [1.29, 1.82) is 0 Å². The summed E-state index contributed by atoms with van der Waals surface area (Å²) in [6, 6.07) is 5.02. The molecule has 3 heterocycles. The third-order valence-corrected chi connectivity index (χ3v) is 5.42. The number of benzene rings is 1. The van der Waals surface area contributed by atoms with Gasteiger partial charge in [0.05, 0.1) is 30.4 Å². The smallest absolute Gasteiger partial charge is 0.278 e. The molecule has 9 heteroatoms. The lowest BCUT2D eigenvalue weighted by molar-refractivity contribution is -0.116. The molecule has 1 aliphatic rings. The van der Waals surface area contributed by atoms with Crippen LogP contribution in [-0.4, -0.2) is 34.2 Å². The topological polar surface area (TPSA) is 87.4 Å². The number of nitrogens with zero attached hydrogens (tertiary/aromatic N) is 3. The van der Waals surface area contributed by atoms with Gasteiger partial charge in [0.1, 0.15) is 29.4 Å². The Balaban J connectivity index is 1.66. The molecule has 1 amide bonds. The number of carbonyl (C=O) groups is 1. The Morgan fingerprint density at radius 3 is 2.72 bits per heavy atom. The van der Waals surface area contributed by atoms with Crippen LogP contribution >= 0.6 is 11.6 Å². The molecule has 1 aliphatic heterocycles. The summed E-state index contributed by atoms with van der Waals surface area (Å²) in [7, 11) is 3.00. The number of fused-ring (bicyclic) bond motifs is 2. The highest BCUT2D eigenvalue weighted by Crippen LogP contribution is 2.36. The molecule has 0 radical (unpaired) electrons. The minimum atomic E-state index is -0.310. The fraction of sp³-hybridized carbons (Fsp3) is 0.350. The van der Waals surface area contributed by atoms with Crippen molar-refractivity contribution in [3.63, 3.8) is 0 Å². The number of hydrogen-bond acceptors (Lipinski definition) is 5. The number of ether oxygens (including phenoxy) is 2. The monoisotopic (exact) mass is 416 g/mol. The van der Waals surface area contributed by atoms with Crippen LogP contribution in [0.2, 0.25) is 5.02 Å². The molecule has 0 bridgehead atoms. The first-order valence-electron chi connectivity index (χ1n) is 9.24. The van der Waals surface area contributed by atoms with Crippen LogP contribution in [0.25, 0.3) is 11.0 Å². The zero-order chi connectivity index (χ0) is 20.7. The second-order valence-electron chi connectivity index (χ2n) is 6.93. The van der Waals surface area contributed by atoms with Crippen LogP contribution < -0.4 is 20.3 Å². The fourth-order valence-electron chi connectivity index (χ4n) is 3.73. The van der Waals surface area contributed by atoms with Crippen LogP contribution in [0.1, 0.15) is 17.9 Å². The molecule has 29 heavy (non-hydrogen) atoms. The Morgan fingerprint density at radius 1 is 1.24 bits per heavy atom. The predicted molar refractivity (Wildman–Crippen MR) is 110 cm³/mol. The summed E-state index contributed by atoms with van der Waals surface area (Å²) in [5, 5.41) is 3.15. The van der Waals surface area contributed by atoms with Gasteiger partial charge in [-0.2, -0.15) is 0 Å². The van der Waals surface area contributed by atoms with E-state index < -0.39 is 0 Å². The lowest BCUT2D eigenvalue weighted by atomic mass is 10.2. The van der Waals surface area contributed by atoms with E-state index in [4.69, 9.17) is 21.1 Å². The van der Waals surface area contributed by atoms with Crippen molar-refractivity contribution in [3.05, 3.63) is 45.1 Å². The van der Waals surface area contributed by atoms with Crippen molar-refractivity contribution in [1.82, 2.24) is 14.1 Å². The molecule has 1 N–H and O–H groups in total. The van der Waals surface area contributed by atoms with Gasteiger partial charge in [0.2, 0.25) is 5.91 Å². The van der Waals surface area contributed by atoms with Crippen molar-refractivity contribution in [3.8, 4) is 11.5 Å². The summed E-state index contributed by atoms with van der Waals surface area (Å²) in [4.78, 5) is 30.3. The number of hydrogen-bond donors (Lipinski definition) is 1. The van der Waals surface area contributed by atoms with Crippen LogP contribution in [0, 0.1) is 6.92 Å². The van der Waals surface area contributed by atoms with E-state index in [1.807, 2.05) is 13.0 Å². The number of aryl methyl sites for hydroxylation is 2. The summed E-state index contributed by atoms with van der Waals surface area (Å²) in [6.07, 6.45) is 1.71. The lowest BCUT2D eigenvalue weighted by Gasteiger charge is -2.14. The molecule has 3 aromatic rings. The highest BCUT2D eigenvalue weighted by atomic mass is 35.5. The number of halogens is 1. The minimum absolute atomic E-state index is 0.0294. The molecule has 8 nitrogen and oxygen atoms in total. The van der Waals surface area contributed by atoms with Gasteiger partial charge in [-0.15, -0.1) is 0 Å². The maximum atomic E-state index is 12.9. The summed E-state index contributed by atoms with van der Waals surface area (Å²) in [5.41, 5.74) is 2.19. The second-order valence-corrected chi connectivity index (χ2v) is 7.34. The molecule has 0 unspecified atom stereocenters. The van der Waals surface area contributed by atoms with E-state index in [1.165, 1.54) is 14.2 Å². The molecular weight excluding hydrogens is 396 g/mol. The molecule has 2 aromatic heterocycles. The standard InChI is InChI=1S/C20H21ClN4O4/c1-11-7-14-19(20(27)24-6-4-5-17(24)22-14)25(11)10-18(26)23-13-8-12(21)15(28-2)9-16(13)29-3/h7-9H,4-6,10H2,1-3H3,(H,23,26). The van der Waals surface area contributed by atoms with Crippen LogP contribution in [0.15, 0.2) is 23.0 Å². The van der Waals surface area contributed by atoms with Gasteiger partial charge in [0, 0.05) is 24.7 Å². The zero-order valence-electron chi connectivity index (χ0n) is 16.4. The average Bonchev–Trinajstić information content (AvgIpc) is 3.27. The van der Waals surface area contributed by atoms with Gasteiger partial charge in [-0.3, -0.25) is 14.2 Å². The summed E-state index contributed by atoms with van der Waals surface area (Å²) >= 11 is 6.17. The van der Waals surface area contributed by atoms with Crippen molar-refractivity contribution in [2.24, 2.45) is 0 Å². The molecule has 0 spiro atoms. The number of methoxy groups -OCH3 is 2. The van der Waals surface area contributed by atoms with Crippen LogP contribution in [0.4, 0.5) is 5.69 Å². The van der Waals surface area contributed by atoms with Crippen molar-refractivity contribution < 1.29 is 14.3 Å². The summed E-state index contributed by atoms with van der Waals surface area (Å²) < 4.78 is 13.9. The first kappa shape index (κ1) is 19.3. The van der Waals surface area contributed by atoms with E-state index in [2.05, 4.69) is 10.3 Å². The molecule has 0 saturated heterocycles. The lowest BCUT2D eigenvalue weighted by Crippen LogP contribution is -2.26. The van der Waals surface area contributed by atoms with Gasteiger partial charge in [-0.1, -0.05) is 11.6 Å². The van der Waals surface area contributed by atoms with Gasteiger partial charge in [-0.05, 0) is 25.5 Å². The van der Waals surface area contributed by atoms with Gasteiger partial charge >= 0.3 is 0 Å². The summed E-state index contributed by atoms with van der Waals surface area (Å²) in [6.45, 7) is 2.49. The van der Waals surface area contributed by atoms with Crippen molar-refractivity contribution >= 4 is 34.2 Å². The van der Waals surface area contributed by atoms with E-state index >= 15 is 0 Å². The molecule has 0 saturated carbocycles. The van der Waals surface area contributed by atoms with E-state index in [-0.39, 0.29) is 18.0 Å².